The first-order chi connectivity index (χ1) is 12.3. The lowest BCUT2D eigenvalue weighted by Gasteiger charge is -2.11. The number of rotatable bonds is 1. The lowest BCUT2D eigenvalue weighted by Crippen LogP contribution is -2.06. The van der Waals surface area contributed by atoms with Gasteiger partial charge in [-0.25, -0.2) is 4.79 Å². The maximum absolute atomic E-state index is 12.2. The van der Waals surface area contributed by atoms with Gasteiger partial charge in [-0.1, -0.05) is 0 Å². The van der Waals surface area contributed by atoms with Gasteiger partial charge in [0.05, 0.1) is 7.11 Å². The maximum atomic E-state index is 12.2. The van der Waals surface area contributed by atoms with Crippen molar-refractivity contribution in [1.29, 1.82) is 0 Å². The van der Waals surface area contributed by atoms with Crippen molar-refractivity contribution in [2.24, 2.45) is 0 Å². The zero-order valence-electron chi connectivity index (χ0n) is 13.1. The Balaban J connectivity index is 2.32. The van der Waals surface area contributed by atoms with Crippen LogP contribution in [0.5, 0.6) is 28.7 Å². The second kappa shape index (κ2) is 5.06. The molecule has 4 rings (SSSR count). The number of phenolic OH excluding ortho intramolecular Hbond substituents is 3. The first-order valence-electron chi connectivity index (χ1n) is 7.22. The van der Waals surface area contributed by atoms with Gasteiger partial charge >= 0.3 is 5.63 Å². The zero-order chi connectivity index (χ0) is 18.7. The fraction of sp³-hybridized carbons (Fsp3) is 0.0588. The summed E-state index contributed by atoms with van der Waals surface area (Å²) in [5, 5.41) is 39.9. The van der Waals surface area contributed by atoms with Crippen LogP contribution in [-0.4, -0.2) is 27.5 Å². The maximum Gasteiger partial charge on any atom is 0.348 e. The highest BCUT2D eigenvalue weighted by Gasteiger charge is 2.24. The summed E-state index contributed by atoms with van der Waals surface area (Å²) < 4.78 is 15.4. The molecule has 9 heteroatoms. The second-order valence-corrected chi connectivity index (χ2v) is 5.48. The van der Waals surface area contributed by atoms with Crippen LogP contribution in [0.4, 0.5) is 0 Å². The molecule has 2 heterocycles. The molecule has 0 spiro atoms. The molecule has 0 saturated heterocycles. The van der Waals surface area contributed by atoms with E-state index in [0.717, 1.165) is 12.1 Å². The summed E-state index contributed by atoms with van der Waals surface area (Å²) in [7, 11) is 1.20. The molecule has 0 amide bonds. The van der Waals surface area contributed by atoms with Crippen molar-refractivity contribution in [3.63, 3.8) is 0 Å². The van der Waals surface area contributed by atoms with E-state index in [0.29, 0.717) is 0 Å². The van der Waals surface area contributed by atoms with E-state index in [1.165, 1.54) is 13.2 Å². The summed E-state index contributed by atoms with van der Waals surface area (Å²) in [5.74, 6) is -2.83. The third-order valence-electron chi connectivity index (χ3n) is 4.06. The van der Waals surface area contributed by atoms with E-state index in [2.05, 4.69) is 0 Å². The third-order valence-corrected chi connectivity index (χ3v) is 4.06. The number of aromatic hydroxyl groups is 4. The van der Waals surface area contributed by atoms with Crippen molar-refractivity contribution in [3.05, 3.63) is 38.8 Å². The fourth-order valence-electron chi connectivity index (χ4n) is 2.88. The number of fused-ring (bicyclic) bond motifs is 4. The van der Waals surface area contributed by atoms with Crippen LogP contribution in [0.3, 0.4) is 0 Å². The van der Waals surface area contributed by atoms with E-state index in [1.54, 1.807) is 0 Å². The van der Waals surface area contributed by atoms with Crippen molar-refractivity contribution in [2.75, 3.05) is 7.11 Å². The van der Waals surface area contributed by atoms with E-state index >= 15 is 0 Å². The van der Waals surface area contributed by atoms with Crippen LogP contribution >= 0.6 is 0 Å². The molecule has 0 atom stereocenters. The summed E-state index contributed by atoms with van der Waals surface area (Å²) in [4.78, 5) is 23.7. The van der Waals surface area contributed by atoms with E-state index in [1.807, 2.05) is 0 Å². The van der Waals surface area contributed by atoms with Gasteiger partial charge in [-0.15, -0.1) is 0 Å². The van der Waals surface area contributed by atoms with E-state index < -0.39 is 45.0 Å². The molecule has 0 aliphatic rings. The van der Waals surface area contributed by atoms with Crippen LogP contribution in [0.1, 0.15) is 0 Å². The summed E-state index contributed by atoms with van der Waals surface area (Å²) in [5.41, 5.74) is -2.57. The summed E-state index contributed by atoms with van der Waals surface area (Å²) in [6, 6.07) is 3.34. The molecule has 0 fully saturated rings. The van der Waals surface area contributed by atoms with Crippen LogP contribution < -0.4 is 15.8 Å². The number of phenols is 3. The lowest BCUT2D eigenvalue weighted by molar-refractivity contribution is 0.345. The van der Waals surface area contributed by atoms with Crippen molar-refractivity contribution in [3.8, 4) is 28.7 Å². The second-order valence-electron chi connectivity index (χ2n) is 5.48. The molecule has 0 radical (unpaired) electrons. The molecule has 4 aromatic rings. The predicted octanol–water partition coefficient (Wildman–Crippen LogP) is 1.88. The Morgan fingerprint density at radius 1 is 0.885 bits per heavy atom. The van der Waals surface area contributed by atoms with Gasteiger partial charge in [-0.05, 0) is 12.1 Å². The highest BCUT2D eigenvalue weighted by molar-refractivity contribution is 6.10. The Hall–Kier alpha value is -3.88. The van der Waals surface area contributed by atoms with Crippen LogP contribution in [0.15, 0.2) is 36.6 Å². The molecule has 0 unspecified atom stereocenters. The van der Waals surface area contributed by atoms with Crippen molar-refractivity contribution in [2.45, 2.75) is 0 Å². The van der Waals surface area contributed by atoms with Crippen LogP contribution in [0.2, 0.25) is 0 Å². The highest BCUT2D eigenvalue weighted by Crippen LogP contribution is 2.48. The summed E-state index contributed by atoms with van der Waals surface area (Å²) >= 11 is 0. The molecule has 132 valence electrons. The Labute approximate surface area is 142 Å². The number of hydrogen-bond donors (Lipinski definition) is 4. The molecule has 26 heavy (non-hydrogen) atoms. The van der Waals surface area contributed by atoms with E-state index in [-0.39, 0.29) is 27.7 Å². The largest absolute Gasteiger partial charge is 0.504 e. The quantitative estimate of drug-likeness (QED) is 0.295. The normalized spacial score (nSPS) is 11.4. The van der Waals surface area contributed by atoms with Crippen molar-refractivity contribution >= 4 is 32.9 Å². The monoisotopic (exact) mass is 358 g/mol. The highest BCUT2D eigenvalue weighted by atomic mass is 16.5. The molecule has 0 aliphatic carbocycles. The minimum Gasteiger partial charge on any atom is -0.504 e. The van der Waals surface area contributed by atoms with Crippen molar-refractivity contribution < 1.29 is 34.0 Å². The topological polar surface area (TPSA) is 151 Å². The van der Waals surface area contributed by atoms with Crippen LogP contribution in [0.25, 0.3) is 32.9 Å². The van der Waals surface area contributed by atoms with E-state index in [9.17, 15) is 30.0 Å². The first kappa shape index (κ1) is 15.6. The minimum atomic E-state index is -1.07. The molecular weight excluding hydrogens is 348 g/mol. The van der Waals surface area contributed by atoms with Gasteiger partial charge in [0.2, 0.25) is 16.8 Å². The standard InChI is InChI=1S/C17H10O9/c1-24-15-7(19)4-8-10(12(15)21)13(22)16-14(25-8)5-2-3-6(18)11(20)9(5)17(23)26-16/h2-4,19-22H,1H3. The molecule has 9 nitrogen and oxygen atoms in total. The van der Waals surface area contributed by atoms with Crippen molar-refractivity contribution in [1.82, 2.24) is 0 Å². The van der Waals surface area contributed by atoms with Gasteiger partial charge in [0.25, 0.3) is 0 Å². The molecular formula is C17H10O9. The number of methoxy groups -OCH3 is 1. The van der Waals surface area contributed by atoms with Gasteiger partial charge in [-0.2, -0.15) is 0 Å². The molecule has 2 aromatic carbocycles. The predicted molar refractivity (Wildman–Crippen MR) is 89.2 cm³/mol. The number of benzene rings is 2. The van der Waals surface area contributed by atoms with E-state index in [4.69, 9.17) is 13.6 Å². The molecule has 4 N–H and O–H groups in total. The van der Waals surface area contributed by atoms with Gasteiger partial charge in [-0.3, -0.25) is 4.79 Å². The zero-order valence-corrected chi connectivity index (χ0v) is 13.1. The minimum absolute atomic E-state index is 0.0142. The Morgan fingerprint density at radius 2 is 1.62 bits per heavy atom. The van der Waals surface area contributed by atoms with Crippen LogP contribution in [0, 0.1) is 0 Å². The number of ether oxygens (including phenoxy) is 1. The van der Waals surface area contributed by atoms with Gasteiger partial charge in [0.15, 0.2) is 28.6 Å². The molecule has 0 aliphatic heterocycles. The molecule has 2 aromatic heterocycles. The Kier molecular flexibility index (Phi) is 3.04. The third kappa shape index (κ3) is 1.85. The smallest absolute Gasteiger partial charge is 0.348 e. The summed E-state index contributed by atoms with van der Waals surface area (Å²) in [6.07, 6.45) is 0. The van der Waals surface area contributed by atoms with Gasteiger partial charge < -0.3 is 34.0 Å². The molecule has 0 saturated carbocycles. The fourth-order valence-corrected chi connectivity index (χ4v) is 2.88. The summed E-state index contributed by atoms with van der Waals surface area (Å²) in [6.45, 7) is 0. The number of hydrogen-bond acceptors (Lipinski definition) is 9. The van der Waals surface area contributed by atoms with Gasteiger partial charge in [0, 0.05) is 11.5 Å². The molecule has 0 bridgehead atoms. The first-order valence-corrected chi connectivity index (χ1v) is 7.22. The lowest BCUT2D eigenvalue weighted by atomic mass is 10.1. The van der Waals surface area contributed by atoms with Crippen LogP contribution in [-0.2, 0) is 0 Å². The van der Waals surface area contributed by atoms with Gasteiger partial charge in [0.1, 0.15) is 16.4 Å². The average Bonchev–Trinajstić information content (AvgIpc) is 2.59. The SMILES string of the molecule is COc1c(O)cc2oc3c(oc(=O)c4c(O)c(=O)ccc43)c(O)c2c1O. The average molecular weight is 358 g/mol. The Morgan fingerprint density at radius 3 is 2.31 bits per heavy atom. The Bertz CT molecular complexity index is 1340.